The second kappa shape index (κ2) is 16.0. The molecule has 0 aliphatic carbocycles. The predicted molar refractivity (Wildman–Crippen MR) is 204 cm³/mol. The van der Waals surface area contributed by atoms with E-state index in [2.05, 4.69) is 28.1 Å². The van der Waals surface area contributed by atoms with E-state index in [4.69, 9.17) is 25.4 Å². The van der Waals surface area contributed by atoms with E-state index in [9.17, 15) is 4.79 Å². The summed E-state index contributed by atoms with van der Waals surface area (Å²) in [6.07, 6.45) is 0. The second-order valence-electron chi connectivity index (χ2n) is 12.0. The average Bonchev–Trinajstić information content (AvgIpc) is 3.48. The third kappa shape index (κ3) is 8.03. The van der Waals surface area contributed by atoms with Crippen molar-refractivity contribution in [3.8, 4) is 0 Å². The third-order valence-electron chi connectivity index (χ3n) is 8.66. The molecule has 262 valence electrons. The molecule has 8 rings (SSSR count). The molecule has 4 aromatic carbocycles. The number of nitrogens with zero attached hydrogens (tertiary/aromatic N) is 6. The number of hydrogen-bond acceptors (Lipinski definition) is 11. The van der Waals surface area contributed by atoms with Crippen LogP contribution in [0.1, 0.15) is 22.1 Å². The molecule has 2 fully saturated rings. The summed E-state index contributed by atoms with van der Waals surface area (Å²) in [6, 6.07) is 30.3. The zero-order valence-corrected chi connectivity index (χ0v) is 29.5. The Kier molecular flexibility index (Phi) is 8.10. The van der Waals surface area contributed by atoms with Gasteiger partial charge in [0, 0.05) is 94.9 Å². The van der Waals surface area contributed by atoms with Crippen LogP contribution in [0, 0.1) is 0 Å². The number of para-hydroxylation sites is 2. The Balaban J connectivity index is 0.853. The van der Waals surface area contributed by atoms with Gasteiger partial charge in [-0.25, -0.2) is 9.98 Å². The fourth-order valence-electron chi connectivity index (χ4n) is 6.06. The zero-order valence-electron chi connectivity index (χ0n) is 35.8. The van der Waals surface area contributed by atoms with Gasteiger partial charge in [-0.3, -0.25) is 14.6 Å². The van der Waals surface area contributed by atoms with E-state index in [0.717, 1.165) is 31.8 Å². The maximum atomic E-state index is 12.8. The first-order valence-electron chi connectivity index (χ1n) is 20.9. The monoisotopic (exact) mass is 726 g/mol. The lowest BCUT2D eigenvalue weighted by atomic mass is 10.1. The van der Waals surface area contributed by atoms with Crippen molar-refractivity contribution in [1.29, 1.82) is 0 Å². The highest BCUT2D eigenvalue weighted by Crippen LogP contribution is 2.41. The van der Waals surface area contributed by atoms with Gasteiger partial charge in [0.1, 0.15) is 18.3 Å². The average molecular weight is 727 g/mol. The van der Waals surface area contributed by atoms with Gasteiger partial charge in [-0.05, 0) is 36.4 Å². The lowest BCUT2D eigenvalue weighted by molar-refractivity contribution is -0.146. The van der Waals surface area contributed by atoms with Gasteiger partial charge < -0.3 is 19.3 Å². The quantitative estimate of drug-likeness (QED) is 0.155. The molecule has 4 heterocycles. The van der Waals surface area contributed by atoms with Crippen molar-refractivity contribution < 1.29 is 25.2 Å². The van der Waals surface area contributed by atoms with Gasteiger partial charge in [0.15, 0.2) is 0 Å². The van der Waals surface area contributed by atoms with E-state index in [1.54, 1.807) is 48.2 Å². The zero-order chi connectivity index (χ0) is 41.6. The maximum Gasteiger partial charge on any atom is 0.320 e. The summed E-state index contributed by atoms with van der Waals surface area (Å²) in [5.41, 5.74) is 2.78. The number of aliphatic imine (C=N–C) groups is 2. The fourth-order valence-corrected chi connectivity index (χ4v) is 8.10. The Labute approximate surface area is 319 Å². The molecule has 0 atom stereocenters. The van der Waals surface area contributed by atoms with Crippen LogP contribution < -0.4 is 0 Å². The van der Waals surface area contributed by atoms with Crippen LogP contribution in [-0.2, 0) is 14.3 Å². The van der Waals surface area contributed by atoms with Gasteiger partial charge in [0.2, 0.25) is 0 Å². The minimum atomic E-state index is -3.11. The molecule has 4 aliphatic rings. The van der Waals surface area contributed by atoms with Crippen molar-refractivity contribution in [3.05, 3.63) is 108 Å². The van der Waals surface area contributed by atoms with Crippen molar-refractivity contribution in [3.63, 3.8) is 0 Å². The summed E-state index contributed by atoms with van der Waals surface area (Å²) in [6.45, 7) is -10.6. The molecule has 0 radical (unpaired) electrons. The summed E-state index contributed by atoms with van der Waals surface area (Å²) in [5, 5.41) is 0. The van der Waals surface area contributed by atoms with E-state index in [1.807, 2.05) is 47.4 Å². The lowest BCUT2D eigenvalue weighted by Gasteiger charge is -2.36. The van der Waals surface area contributed by atoms with Gasteiger partial charge in [-0.1, -0.05) is 84.2 Å². The van der Waals surface area contributed by atoms with Crippen LogP contribution >= 0.6 is 23.5 Å². The lowest BCUT2D eigenvalue weighted by Crippen LogP contribution is -2.50. The van der Waals surface area contributed by atoms with Crippen molar-refractivity contribution in [2.75, 3.05) is 85.1 Å². The molecule has 0 amide bonds. The number of benzene rings is 4. The van der Waals surface area contributed by atoms with Crippen LogP contribution in [0.4, 0.5) is 11.4 Å². The molecule has 11 heteroatoms. The summed E-state index contributed by atoms with van der Waals surface area (Å²) in [7, 11) is 0. The molecule has 51 heavy (non-hydrogen) atoms. The second-order valence-corrected chi connectivity index (χ2v) is 14.2. The minimum absolute atomic E-state index is 0.0747. The number of carbonyl (C=O) groups is 1. The van der Waals surface area contributed by atoms with E-state index in [1.165, 1.54) is 11.8 Å². The van der Waals surface area contributed by atoms with Gasteiger partial charge in [0.25, 0.3) is 0 Å². The number of piperazine rings is 2. The Hall–Kier alpha value is -4.13. The first kappa shape index (κ1) is 25.8. The molecule has 0 saturated carbocycles. The molecule has 0 spiro atoms. The Morgan fingerprint density at radius 1 is 0.608 bits per heavy atom. The number of hydrogen-bond donors (Lipinski definition) is 0. The predicted octanol–water partition coefficient (Wildman–Crippen LogP) is 6.27. The summed E-state index contributed by atoms with van der Waals surface area (Å²) >= 11 is 3.07. The van der Waals surface area contributed by atoms with Crippen molar-refractivity contribution in [2.24, 2.45) is 9.98 Å². The van der Waals surface area contributed by atoms with Crippen LogP contribution in [-0.4, -0.2) is 122 Å². The molecule has 0 unspecified atom stereocenters. The first-order valence-corrected chi connectivity index (χ1v) is 18.5. The Bertz CT molecular complexity index is 2260. The van der Waals surface area contributed by atoms with Crippen LogP contribution in [0.2, 0.25) is 0 Å². The SMILES string of the molecule is [2H]C1([2H])N(CCOCCOC(=O)CN2CCN(C3=Nc4ccccc4Sc4ccccc43)CC2)C([2H])([2H])C([2H])([2H])N(C2=Nc3ccccc3Sc3ccccc32)C1([2H])[2H]. The smallest absolute Gasteiger partial charge is 0.320 e. The normalized spacial score (nSPS) is 23.8. The standard InChI is InChI=1S/C40H42N6O3S2/c47-38(29-44-19-23-46(24-20-44)40-31-10-2-6-14-35(31)51-37-16-8-4-12-33(37)42-40)49-28-27-48-26-25-43-17-21-45(22-18-43)39-30-9-1-5-13-34(30)50-36-15-7-3-11-32(36)41-39/h1-16H,17-29H2/i17D2,18D2,21D2,22D2. The largest absolute Gasteiger partial charge is 0.462 e. The van der Waals surface area contributed by atoms with Gasteiger partial charge in [0.05, 0.1) is 36.6 Å². The topological polar surface area (TPSA) is 73.2 Å². The third-order valence-corrected chi connectivity index (χ3v) is 10.9. The molecular weight excluding hydrogens is 677 g/mol. The van der Waals surface area contributed by atoms with E-state index < -0.39 is 38.5 Å². The summed E-state index contributed by atoms with van der Waals surface area (Å²) in [5.74, 6) is 0.266. The molecule has 0 N–H and O–H groups in total. The van der Waals surface area contributed by atoms with E-state index >= 15 is 0 Å². The van der Waals surface area contributed by atoms with Gasteiger partial charge >= 0.3 is 5.97 Å². The van der Waals surface area contributed by atoms with Crippen LogP contribution in [0.5, 0.6) is 0 Å². The molecule has 4 aromatic rings. The molecular formula is C40H42N6O3S2. The fraction of sp³-hybridized carbons (Fsp3) is 0.325. The number of carbonyl (C=O) groups excluding carboxylic acids is 1. The molecule has 2 saturated heterocycles. The van der Waals surface area contributed by atoms with E-state index in [0.29, 0.717) is 52.1 Å². The summed E-state index contributed by atoms with van der Waals surface area (Å²) in [4.78, 5) is 31.5. The van der Waals surface area contributed by atoms with Gasteiger partial charge in [-0.2, -0.15) is 0 Å². The number of ether oxygens (including phenoxy) is 2. The Morgan fingerprint density at radius 2 is 1.14 bits per heavy atom. The van der Waals surface area contributed by atoms with Crippen LogP contribution in [0.25, 0.3) is 0 Å². The number of amidine groups is 2. The van der Waals surface area contributed by atoms with Crippen LogP contribution in [0.3, 0.4) is 0 Å². The highest BCUT2D eigenvalue weighted by molar-refractivity contribution is 7.99. The van der Waals surface area contributed by atoms with Crippen molar-refractivity contribution >= 4 is 52.5 Å². The first-order chi connectivity index (χ1) is 28.2. The molecule has 9 nitrogen and oxygen atoms in total. The molecule has 0 aromatic heterocycles. The van der Waals surface area contributed by atoms with Crippen LogP contribution in [0.15, 0.2) is 127 Å². The minimum Gasteiger partial charge on any atom is -0.462 e. The van der Waals surface area contributed by atoms with Gasteiger partial charge in [-0.15, -0.1) is 0 Å². The highest BCUT2D eigenvalue weighted by atomic mass is 32.2. The highest BCUT2D eigenvalue weighted by Gasteiger charge is 2.27. The molecule has 4 aliphatic heterocycles. The Morgan fingerprint density at radius 3 is 1.75 bits per heavy atom. The maximum absolute atomic E-state index is 12.8. The van der Waals surface area contributed by atoms with Crippen molar-refractivity contribution in [1.82, 2.24) is 19.6 Å². The number of esters is 1. The van der Waals surface area contributed by atoms with Crippen molar-refractivity contribution in [2.45, 2.75) is 19.6 Å². The summed E-state index contributed by atoms with van der Waals surface area (Å²) < 4.78 is 83.2. The number of rotatable bonds is 8. The van der Waals surface area contributed by atoms with E-state index in [-0.39, 0.29) is 32.2 Å². The number of fused-ring (bicyclic) bond motifs is 4. The molecule has 0 bridgehead atoms.